The molecule has 1 rings (SSSR count). The zero-order chi connectivity index (χ0) is 13.2. The van der Waals surface area contributed by atoms with E-state index in [-0.39, 0.29) is 0 Å². The molecule has 1 aromatic carbocycles. The molecule has 0 aliphatic carbocycles. The van der Waals surface area contributed by atoms with E-state index in [0.29, 0.717) is 17.9 Å². The highest BCUT2D eigenvalue weighted by Gasteiger charge is 2.03. The summed E-state index contributed by atoms with van der Waals surface area (Å²) in [6.07, 6.45) is 7.51. The second-order valence-electron chi connectivity index (χ2n) is 4.37. The quantitative estimate of drug-likeness (QED) is 0.490. The zero-order valence-electron chi connectivity index (χ0n) is 10.9. The smallest absolute Gasteiger partial charge is 0.137 e. The molecule has 0 aliphatic rings. The normalized spacial score (nSPS) is 10.1. The van der Waals surface area contributed by atoms with Gasteiger partial charge in [0.15, 0.2) is 0 Å². The van der Waals surface area contributed by atoms with E-state index in [1.165, 1.54) is 32.1 Å². The highest BCUT2D eigenvalue weighted by Crippen LogP contribution is 2.20. The lowest BCUT2D eigenvalue weighted by molar-refractivity contribution is 0.303. The first-order chi connectivity index (χ1) is 8.77. The third-order valence-electron chi connectivity index (χ3n) is 2.82. The predicted molar refractivity (Wildman–Crippen MR) is 82.7 cm³/mol. The molecule has 0 aromatic heterocycles. The summed E-state index contributed by atoms with van der Waals surface area (Å²) in [5.41, 5.74) is 0.632. The second-order valence-corrected chi connectivity index (χ2v) is 5.61. The third kappa shape index (κ3) is 5.72. The van der Waals surface area contributed by atoms with Crippen molar-refractivity contribution in [1.29, 1.82) is 5.26 Å². The molecule has 2 nitrogen and oxygen atoms in total. The fourth-order valence-electron chi connectivity index (χ4n) is 1.78. The highest BCUT2D eigenvalue weighted by atomic mass is 127. The van der Waals surface area contributed by atoms with Gasteiger partial charge in [-0.05, 0) is 47.2 Å². The summed E-state index contributed by atoms with van der Waals surface area (Å²) in [5.74, 6) is 0.714. The molecule has 0 fully saturated rings. The van der Waals surface area contributed by atoms with E-state index >= 15 is 0 Å². The van der Waals surface area contributed by atoms with Crippen LogP contribution in [-0.2, 0) is 0 Å². The van der Waals surface area contributed by atoms with Crippen molar-refractivity contribution < 1.29 is 4.74 Å². The Hall–Kier alpha value is -0.760. The van der Waals surface area contributed by atoms with Crippen LogP contribution < -0.4 is 4.74 Å². The van der Waals surface area contributed by atoms with E-state index in [4.69, 9.17) is 10.00 Å². The minimum Gasteiger partial charge on any atom is -0.492 e. The number of halogens is 1. The average Bonchev–Trinajstić information content (AvgIpc) is 2.39. The van der Waals surface area contributed by atoms with E-state index in [9.17, 15) is 0 Å². The second kappa shape index (κ2) is 9.21. The predicted octanol–water partition coefficient (Wildman–Crippen LogP) is 4.90. The summed E-state index contributed by atoms with van der Waals surface area (Å²) < 4.78 is 6.73. The average molecular weight is 357 g/mol. The third-order valence-corrected chi connectivity index (χ3v) is 3.49. The van der Waals surface area contributed by atoms with Gasteiger partial charge < -0.3 is 4.74 Å². The molecule has 0 amide bonds. The minimum absolute atomic E-state index is 0.632. The molecule has 0 aliphatic heterocycles. The maximum absolute atomic E-state index is 9.01. The fourth-order valence-corrected chi connectivity index (χ4v) is 2.27. The van der Waals surface area contributed by atoms with Gasteiger partial charge >= 0.3 is 0 Å². The Morgan fingerprint density at radius 2 is 1.89 bits per heavy atom. The minimum atomic E-state index is 0.632. The van der Waals surface area contributed by atoms with Crippen LogP contribution in [0.15, 0.2) is 18.2 Å². The van der Waals surface area contributed by atoms with E-state index in [1.807, 2.05) is 18.2 Å². The van der Waals surface area contributed by atoms with Crippen molar-refractivity contribution in [2.75, 3.05) is 6.61 Å². The van der Waals surface area contributed by atoms with Crippen LogP contribution >= 0.6 is 22.6 Å². The standard InChI is InChI=1S/C15H20INO/c1-2-3-4-5-6-7-10-18-15-9-8-14(16)11-13(15)12-17/h8-9,11H,2-7,10H2,1H3. The lowest BCUT2D eigenvalue weighted by Crippen LogP contribution is -1.99. The van der Waals surface area contributed by atoms with Crippen molar-refractivity contribution in [3.05, 3.63) is 27.3 Å². The molecule has 0 saturated heterocycles. The summed E-state index contributed by atoms with van der Waals surface area (Å²) in [5, 5.41) is 9.01. The molecule has 0 atom stereocenters. The van der Waals surface area contributed by atoms with E-state index < -0.39 is 0 Å². The largest absolute Gasteiger partial charge is 0.492 e. The van der Waals surface area contributed by atoms with Crippen LogP contribution in [0.25, 0.3) is 0 Å². The highest BCUT2D eigenvalue weighted by molar-refractivity contribution is 14.1. The van der Waals surface area contributed by atoms with Gasteiger partial charge in [0.1, 0.15) is 11.8 Å². The lowest BCUT2D eigenvalue weighted by atomic mass is 10.1. The van der Waals surface area contributed by atoms with Crippen molar-refractivity contribution in [3.63, 3.8) is 0 Å². The van der Waals surface area contributed by atoms with Gasteiger partial charge in [-0.1, -0.05) is 39.0 Å². The van der Waals surface area contributed by atoms with Gasteiger partial charge in [-0.3, -0.25) is 0 Å². The number of unbranched alkanes of at least 4 members (excludes halogenated alkanes) is 5. The van der Waals surface area contributed by atoms with E-state index in [0.717, 1.165) is 9.99 Å². The van der Waals surface area contributed by atoms with Crippen LogP contribution in [0, 0.1) is 14.9 Å². The maximum atomic E-state index is 9.01. The Morgan fingerprint density at radius 1 is 1.17 bits per heavy atom. The Kier molecular flexibility index (Phi) is 7.83. The monoisotopic (exact) mass is 357 g/mol. The molecule has 0 spiro atoms. The first-order valence-electron chi connectivity index (χ1n) is 6.60. The van der Waals surface area contributed by atoms with Crippen LogP contribution in [-0.4, -0.2) is 6.61 Å². The number of hydrogen-bond acceptors (Lipinski definition) is 2. The van der Waals surface area contributed by atoms with E-state index in [1.54, 1.807) is 0 Å². The molecule has 3 heteroatoms. The molecule has 0 unspecified atom stereocenters. The van der Waals surface area contributed by atoms with Crippen LogP contribution in [0.4, 0.5) is 0 Å². The Balaban J connectivity index is 2.25. The van der Waals surface area contributed by atoms with Gasteiger partial charge in [-0.2, -0.15) is 5.26 Å². The molecule has 18 heavy (non-hydrogen) atoms. The molecular weight excluding hydrogens is 337 g/mol. The number of nitriles is 1. The van der Waals surface area contributed by atoms with Crippen LogP contribution in [0.1, 0.15) is 51.0 Å². The van der Waals surface area contributed by atoms with Crippen molar-refractivity contribution in [3.8, 4) is 11.8 Å². The summed E-state index contributed by atoms with van der Waals surface area (Å²) in [4.78, 5) is 0. The lowest BCUT2D eigenvalue weighted by Gasteiger charge is -2.08. The number of ether oxygens (including phenoxy) is 1. The molecule has 0 bridgehead atoms. The van der Waals surface area contributed by atoms with Gasteiger partial charge in [0.25, 0.3) is 0 Å². The molecule has 0 saturated carbocycles. The van der Waals surface area contributed by atoms with Crippen molar-refractivity contribution in [1.82, 2.24) is 0 Å². The van der Waals surface area contributed by atoms with Crippen molar-refractivity contribution in [2.24, 2.45) is 0 Å². The SMILES string of the molecule is CCCCCCCCOc1ccc(I)cc1C#N. The van der Waals surface area contributed by atoms with Crippen molar-refractivity contribution in [2.45, 2.75) is 45.4 Å². The number of rotatable bonds is 8. The number of nitrogens with zero attached hydrogens (tertiary/aromatic N) is 1. The van der Waals surface area contributed by atoms with Gasteiger partial charge in [0.05, 0.1) is 12.2 Å². The molecule has 0 heterocycles. The Bertz CT molecular complexity index is 398. The van der Waals surface area contributed by atoms with Crippen LogP contribution in [0.2, 0.25) is 0 Å². The van der Waals surface area contributed by atoms with E-state index in [2.05, 4.69) is 35.6 Å². The van der Waals surface area contributed by atoms with Gasteiger partial charge in [0.2, 0.25) is 0 Å². The van der Waals surface area contributed by atoms with Crippen LogP contribution in [0.3, 0.4) is 0 Å². The Labute approximate surface area is 123 Å². The topological polar surface area (TPSA) is 33.0 Å². The number of benzene rings is 1. The molecule has 98 valence electrons. The van der Waals surface area contributed by atoms with Gasteiger partial charge in [-0.25, -0.2) is 0 Å². The maximum Gasteiger partial charge on any atom is 0.137 e. The number of hydrogen-bond donors (Lipinski definition) is 0. The first kappa shape index (κ1) is 15.3. The molecule has 1 aromatic rings. The van der Waals surface area contributed by atoms with Gasteiger partial charge in [-0.15, -0.1) is 0 Å². The Morgan fingerprint density at radius 3 is 2.61 bits per heavy atom. The van der Waals surface area contributed by atoms with Crippen molar-refractivity contribution >= 4 is 22.6 Å². The zero-order valence-corrected chi connectivity index (χ0v) is 13.1. The van der Waals surface area contributed by atoms with Crippen LogP contribution in [0.5, 0.6) is 5.75 Å². The summed E-state index contributed by atoms with van der Waals surface area (Å²) in [6.45, 7) is 2.94. The van der Waals surface area contributed by atoms with Gasteiger partial charge in [0, 0.05) is 3.57 Å². The molecule has 0 radical (unpaired) electrons. The summed E-state index contributed by atoms with van der Waals surface area (Å²) in [7, 11) is 0. The summed E-state index contributed by atoms with van der Waals surface area (Å²) in [6, 6.07) is 7.89. The molecule has 0 N–H and O–H groups in total. The fraction of sp³-hybridized carbons (Fsp3) is 0.533. The molecular formula is C15H20INO. The summed E-state index contributed by atoms with van der Waals surface area (Å²) >= 11 is 2.20. The first-order valence-corrected chi connectivity index (χ1v) is 7.68.